The van der Waals surface area contributed by atoms with Gasteiger partial charge in [-0.25, -0.2) is 9.88 Å². The SMILES string of the molecule is CC(C)[C@@]1(OO)CC[C@](C)(N=C=S)[C@@H]2CC[C@@](C)(O)C=C21. The largest absolute Gasteiger partial charge is 0.386 e. The van der Waals surface area contributed by atoms with Crippen LogP contribution >= 0.6 is 12.2 Å². The van der Waals surface area contributed by atoms with Gasteiger partial charge in [0, 0.05) is 5.92 Å². The summed E-state index contributed by atoms with van der Waals surface area (Å²) in [6.45, 7) is 7.94. The first-order valence-electron chi connectivity index (χ1n) is 7.58. The zero-order valence-electron chi connectivity index (χ0n) is 13.2. The van der Waals surface area contributed by atoms with Crippen LogP contribution in [0.1, 0.15) is 53.4 Å². The van der Waals surface area contributed by atoms with Crippen LogP contribution in [0.4, 0.5) is 0 Å². The fraction of sp³-hybridized carbons (Fsp3) is 0.812. The number of hydrogen-bond acceptors (Lipinski definition) is 5. The Kier molecular flexibility index (Phi) is 4.45. The van der Waals surface area contributed by atoms with E-state index >= 15 is 0 Å². The number of aliphatic hydroxyl groups is 1. The molecule has 0 unspecified atom stereocenters. The van der Waals surface area contributed by atoms with Crippen LogP contribution in [0, 0.1) is 11.8 Å². The molecule has 1 saturated carbocycles. The van der Waals surface area contributed by atoms with E-state index in [-0.39, 0.29) is 17.4 Å². The highest BCUT2D eigenvalue weighted by atomic mass is 32.1. The molecule has 21 heavy (non-hydrogen) atoms. The van der Waals surface area contributed by atoms with Gasteiger partial charge in [0.05, 0.1) is 16.3 Å². The summed E-state index contributed by atoms with van der Waals surface area (Å²) in [7, 11) is 0. The maximum atomic E-state index is 10.4. The van der Waals surface area contributed by atoms with Crippen molar-refractivity contribution in [2.45, 2.75) is 70.1 Å². The van der Waals surface area contributed by atoms with Gasteiger partial charge in [-0.05, 0) is 63.2 Å². The molecule has 0 aromatic carbocycles. The van der Waals surface area contributed by atoms with Crippen molar-refractivity contribution in [3.05, 3.63) is 11.6 Å². The van der Waals surface area contributed by atoms with Crippen molar-refractivity contribution >= 4 is 17.4 Å². The van der Waals surface area contributed by atoms with Crippen molar-refractivity contribution in [2.24, 2.45) is 16.8 Å². The summed E-state index contributed by atoms with van der Waals surface area (Å²) in [5.41, 5.74) is -0.990. The molecule has 0 aromatic heterocycles. The van der Waals surface area contributed by atoms with Gasteiger partial charge < -0.3 is 5.11 Å². The van der Waals surface area contributed by atoms with Crippen LogP contribution in [-0.2, 0) is 4.89 Å². The molecule has 2 aliphatic carbocycles. The zero-order valence-corrected chi connectivity index (χ0v) is 14.0. The maximum Gasteiger partial charge on any atom is 0.127 e. The lowest BCUT2D eigenvalue weighted by Crippen LogP contribution is -2.55. The Morgan fingerprint density at radius 3 is 2.57 bits per heavy atom. The minimum atomic E-state index is -0.871. The first-order valence-corrected chi connectivity index (χ1v) is 7.99. The number of isothiocyanates is 1. The molecule has 0 heterocycles. The third-order valence-electron chi connectivity index (χ3n) is 5.42. The van der Waals surface area contributed by atoms with E-state index < -0.39 is 11.2 Å². The topological polar surface area (TPSA) is 62.0 Å². The number of rotatable bonds is 3. The summed E-state index contributed by atoms with van der Waals surface area (Å²) in [5.74, 6) is 0.211. The molecule has 0 aromatic rings. The summed E-state index contributed by atoms with van der Waals surface area (Å²) in [4.78, 5) is 9.42. The standard InChI is InChI=1S/C16H25NO3S/c1-11(2)16(20-19)8-7-15(4,17-10-21)12-5-6-14(3,18)9-13(12)16/h9,11-12,18-19H,5-8H2,1-4H3/t12-,14-,15+,16+/m1/s1. The minimum absolute atomic E-state index is 0.103. The van der Waals surface area contributed by atoms with Gasteiger partial charge in [0.25, 0.3) is 0 Å². The van der Waals surface area contributed by atoms with Crippen molar-refractivity contribution in [1.82, 2.24) is 0 Å². The zero-order chi connectivity index (χ0) is 15.9. The fourth-order valence-corrected chi connectivity index (χ4v) is 4.19. The predicted octanol–water partition coefficient (Wildman–Crippen LogP) is 3.61. The van der Waals surface area contributed by atoms with Crippen LogP contribution in [0.25, 0.3) is 0 Å². The number of aliphatic imine (C=N–C) groups is 1. The van der Waals surface area contributed by atoms with Crippen LogP contribution in [0.3, 0.4) is 0 Å². The fourth-order valence-electron chi connectivity index (χ4n) is 3.98. The number of hydrogen-bond donors (Lipinski definition) is 2. The maximum absolute atomic E-state index is 10.4. The molecule has 2 aliphatic rings. The van der Waals surface area contributed by atoms with Gasteiger partial charge in [-0.15, -0.1) is 0 Å². The minimum Gasteiger partial charge on any atom is -0.386 e. The Morgan fingerprint density at radius 1 is 1.38 bits per heavy atom. The molecule has 118 valence electrons. The first kappa shape index (κ1) is 16.8. The third kappa shape index (κ3) is 2.73. The van der Waals surface area contributed by atoms with E-state index in [4.69, 9.17) is 17.1 Å². The summed E-state index contributed by atoms with van der Waals surface area (Å²) in [6.07, 6.45) is 4.76. The predicted molar refractivity (Wildman–Crippen MR) is 85.4 cm³/mol. The van der Waals surface area contributed by atoms with Gasteiger partial charge >= 0.3 is 0 Å². The van der Waals surface area contributed by atoms with Crippen molar-refractivity contribution in [1.29, 1.82) is 0 Å². The van der Waals surface area contributed by atoms with Crippen LogP contribution in [0.15, 0.2) is 16.6 Å². The van der Waals surface area contributed by atoms with E-state index in [0.29, 0.717) is 12.8 Å². The Labute approximate surface area is 131 Å². The van der Waals surface area contributed by atoms with E-state index in [2.05, 4.69) is 17.1 Å². The molecule has 2 N–H and O–H groups in total. The average molecular weight is 311 g/mol. The monoisotopic (exact) mass is 311 g/mol. The number of thiocarbonyl (C=S) groups is 1. The number of nitrogens with zero attached hydrogens (tertiary/aromatic N) is 1. The van der Waals surface area contributed by atoms with Gasteiger partial charge in [0.2, 0.25) is 0 Å². The van der Waals surface area contributed by atoms with E-state index in [1.165, 1.54) is 0 Å². The van der Waals surface area contributed by atoms with Gasteiger partial charge in [-0.1, -0.05) is 19.9 Å². The smallest absolute Gasteiger partial charge is 0.127 e. The summed E-state index contributed by atoms with van der Waals surface area (Å²) in [6, 6.07) is 0. The van der Waals surface area contributed by atoms with E-state index in [1.54, 1.807) is 6.92 Å². The highest BCUT2D eigenvalue weighted by Crippen LogP contribution is 2.54. The number of fused-ring (bicyclic) bond motifs is 1. The summed E-state index contributed by atoms with van der Waals surface area (Å²) >= 11 is 4.81. The van der Waals surface area contributed by atoms with Crippen molar-refractivity contribution < 1.29 is 15.3 Å². The molecule has 1 fully saturated rings. The van der Waals surface area contributed by atoms with E-state index in [9.17, 15) is 10.4 Å². The third-order valence-corrected chi connectivity index (χ3v) is 5.51. The average Bonchev–Trinajstić information content (AvgIpc) is 2.38. The Hall–Kier alpha value is -0.580. The van der Waals surface area contributed by atoms with Crippen LogP contribution in [-0.4, -0.2) is 32.3 Å². The molecule has 0 saturated heterocycles. The van der Waals surface area contributed by atoms with E-state index in [1.807, 2.05) is 19.9 Å². The molecule has 4 nitrogen and oxygen atoms in total. The van der Waals surface area contributed by atoms with Gasteiger partial charge in [-0.2, -0.15) is 0 Å². The van der Waals surface area contributed by atoms with Crippen molar-refractivity contribution in [3.63, 3.8) is 0 Å². The molecular formula is C16H25NO3S. The molecule has 0 spiro atoms. The molecule has 0 radical (unpaired) electrons. The van der Waals surface area contributed by atoms with Crippen molar-refractivity contribution in [3.8, 4) is 0 Å². The van der Waals surface area contributed by atoms with Crippen molar-refractivity contribution in [2.75, 3.05) is 0 Å². The van der Waals surface area contributed by atoms with E-state index in [0.717, 1.165) is 18.4 Å². The van der Waals surface area contributed by atoms with Gasteiger partial charge in [0.15, 0.2) is 0 Å². The highest BCUT2D eigenvalue weighted by Gasteiger charge is 2.55. The quantitative estimate of drug-likeness (QED) is 0.275. The molecule has 0 amide bonds. The summed E-state index contributed by atoms with van der Waals surface area (Å²) in [5, 5.41) is 22.6. The second-order valence-corrected chi connectivity index (χ2v) is 7.43. The first-order chi connectivity index (χ1) is 9.71. The lowest BCUT2D eigenvalue weighted by molar-refractivity contribution is -0.331. The second kappa shape index (κ2) is 5.56. The Balaban J connectivity index is 2.57. The molecule has 0 bridgehead atoms. The van der Waals surface area contributed by atoms with Crippen LogP contribution < -0.4 is 0 Å². The molecule has 0 aliphatic heterocycles. The second-order valence-electron chi connectivity index (χ2n) is 7.24. The summed E-state index contributed by atoms with van der Waals surface area (Å²) < 4.78 is 0. The molecule has 2 rings (SSSR count). The van der Waals surface area contributed by atoms with Crippen LogP contribution in [0.5, 0.6) is 0 Å². The normalized spacial score (nSPS) is 43.0. The Morgan fingerprint density at radius 2 is 2.05 bits per heavy atom. The highest BCUT2D eigenvalue weighted by molar-refractivity contribution is 7.78. The lowest BCUT2D eigenvalue weighted by atomic mass is 9.57. The molecule has 4 atom stereocenters. The lowest BCUT2D eigenvalue weighted by Gasteiger charge is -2.53. The van der Waals surface area contributed by atoms with Gasteiger partial charge in [0.1, 0.15) is 5.60 Å². The molecule has 5 heteroatoms. The van der Waals surface area contributed by atoms with Gasteiger partial charge in [-0.3, -0.25) is 5.26 Å². The Bertz CT molecular complexity index is 496. The van der Waals surface area contributed by atoms with Crippen LogP contribution in [0.2, 0.25) is 0 Å². The molecular weight excluding hydrogens is 286 g/mol.